The van der Waals surface area contributed by atoms with E-state index in [2.05, 4.69) is 26.0 Å². The third kappa shape index (κ3) is 2.42. The summed E-state index contributed by atoms with van der Waals surface area (Å²) >= 11 is 9.09. The molecule has 7 heteroatoms. The van der Waals surface area contributed by atoms with E-state index in [9.17, 15) is 4.79 Å². The molecule has 0 aliphatic rings. The molecule has 2 aromatic rings. The smallest absolute Gasteiger partial charge is 0.255 e. The summed E-state index contributed by atoms with van der Waals surface area (Å²) in [6, 6.07) is 1.29. The van der Waals surface area contributed by atoms with Crippen molar-refractivity contribution in [1.29, 1.82) is 0 Å². The third-order valence-electron chi connectivity index (χ3n) is 2.43. The number of rotatable bonds is 2. The normalized spacial score (nSPS) is 10.8. The van der Waals surface area contributed by atoms with Gasteiger partial charge in [0.15, 0.2) is 0 Å². The molecule has 0 unspecified atom stereocenters. The lowest BCUT2D eigenvalue weighted by Gasteiger charge is -2.05. The van der Waals surface area contributed by atoms with E-state index in [4.69, 9.17) is 11.6 Å². The first-order chi connectivity index (χ1) is 7.99. The van der Waals surface area contributed by atoms with Crippen LogP contribution >= 0.6 is 27.5 Å². The Morgan fingerprint density at radius 3 is 2.76 bits per heavy atom. The fourth-order valence-corrected chi connectivity index (χ4v) is 2.13. The fourth-order valence-electron chi connectivity index (χ4n) is 1.54. The molecule has 2 aromatic heterocycles. The van der Waals surface area contributed by atoms with Crippen LogP contribution in [0.4, 0.5) is 0 Å². The molecule has 0 aromatic carbocycles. The van der Waals surface area contributed by atoms with Crippen LogP contribution in [0.1, 0.15) is 11.4 Å². The second kappa shape index (κ2) is 4.62. The summed E-state index contributed by atoms with van der Waals surface area (Å²) in [5.74, 6) is 0. The van der Waals surface area contributed by atoms with Crippen molar-refractivity contribution in [2.24, 2.45) is 7.05 Å². The van der Waals surface area contributed by atoms with E-state index < -0.39 is 0 Å². The van der Waals surface area contributed by atoms with E-state index in [1.165, 1.54) is 17.0 Å². The van der Waals surface area contributed by atoms with Crippen LogP contribution in [-0.4, -0.2) is 19.3 Å². The number of nitrogens with zero attached hydrogens (tertiary/aromatic N) is 4. The summed E-state index contributed by atoms with van der Waals surface area (Å²) in [7, 11) is 1.83. The molecule has 17 heavy (non-hydrogen) atoms. The highest BCUT2D eigenvalue weighted by Gasteiger charge is 2.11. The lowest BCUT2D eigenvalue weighted by molar-refractivity contribution is 0.642. The maximum absolute atomic E-state index is 11.7. The monoisotopic (exact) mass is 316 g/mol. The second-order valence-corrected chi connectivity index (χ2v) is 4.83. The van der Waals surface area contributed by atoms with E-state index in [0.717, 1.165) is 15.9 Å². The molecule has 0 saturated heterocycles. The Hall–Kier alpha value is -1.14. The maximum atomic E-state index is 11.7. The van der Waals surface area contributed by atoms with Crippen LogP contribution < -0.4 is 5.56 Å². The maximum Gasteiger partial charge on any atom is 0.255 e. The highest BCUT2D eigenvalue weighted by atomic mass is 79.9. The van der Waals surface area contributed by atoms with Crippen molar-refractivity contribution in [2.45, 2.75) is 13.5 Å². The molecule has 0 aliphatic carbocycles. The van der Waals surface area contributed by atoms with Crippen LogP contribution in [0.3, 0.4) is 0 Å². The molecule has 0 spiro atoms. The average molecular weight is 318 g/mol. The summed E-state index contributed by atoms with van der Waals surface area (Å²) in [4.78, 5) is 15.6. The molecular weight excluding hydrogens is 307 g/mol. The van der Waals surface area contributed by atoms with Crippen molar-refractivity contribution in [3.63, 3.8) is 0 Å². The average Bonchev–Trinajstić information content (AvgIpc) is 2.48. The van der Waals surface area contributed by atoms with E-state index in [1.807, 2.05) is 14.0 Å². The molecule has 90 valence electrons. The molecule has 0 N–H and O–H groups in total. The lowest BCUT2D eigenvalue weighted by Crippen LogP contribution is -2.21. The van der Waals surface area contributed by atoms with Gasteiger partial charge in [-0.2, -0.15) is 5.10 Å². The minimum absolute atomic E-state index is 0.184. The Bertz CT molecular complexity index is 619. The van der Waals surface area contributed by atoms with Crippen molar-refractivity contribution in [1.82, 2.24) is 19.3 Å². The summed E-state index contributed by atoms with van der Waals surface area (Å²) in [5, 5.41) is 4.46. The van der Waals surface area contributed by atoms with E-state index in [-0.39, 0.29) is 10.7 Å². The van der Waals surface area contributed by atoms with E-state index >= 15 is 0 Å². The fraction of sp³-hybridized carbons (Fsp3) is 0.300. The number of aromatic nitrogens is 4. The van der Waals surface area contributed by atoms with Crippen LogP contribution in [0.2, 0.25) is 5.15 Å². The topological polar surface area (TPSA) is 52.7 Å². The standard InChI is InChI=1S/C10H10BrClN4O/c1-6-10(11)7(15(2)14-6)4-16-5-13-8(12)3-9(16)17/h3,5H,4H2,1-2H3. The van der Waals surface area contributed by atoms with Gasteiger partial charge in [-0.15, -0.1) is 0 Å². The Balaban J connectivity index is 2.41. The summed E-state index contributed by atoms with van der Waals surface area (Å²) in [5.41, 5.74) is 1.61. The predicted octanol–water partition coefficient (Wildman–Crippen LogP) is 1.75. The molecule has 0 saturated carbocycles. The van der Waals surface area contributed by atoms with Crippen LogP contribution in [0.15, 0.2) is 21.7 Å². The number of aryl methyl sites for hydroxylation is 2. The van der Waals surface area contributed by atoms with Crippen molar-refractivity contribution < 1.29 is 0 Å². The number of hydrogen-bond acceptors (Lipinski definition) is 3. The quantitative estimate of drug-likeness (QED) is 0.793. The zero-order valence-electron chi connectivity index (χ0n) is 9.31. The van der Waals surface area contributed by atoms with Crippen LogP contribution in [0.5, 0.6) is 0 Å². The van der Waals surface area contributed by atoms with E-state index in [1.54, 1.807) is 4.68 Å². The van der Waals surface area contributed by atoms with Crippen LogP contribution in [0, 0.1) is 6.92 Å². The van der Waals surface area contributed by atoms with Crippen LogP contribution in [-0.2, 0) is 13.6 Å². The first-order valence-corrected chi connectivity index (χ1v) is 6.06. The van der Waals surface area contributed by atoms with Gasteiger partial charge >= 0.3 is 0 Å². The van der Waals surface area contributed by atoms with Gasteiger partial charge in [0.25, 0.3) is 5.56 Å². The minimum Gasteiger partial charge on any atom is -0.293 e. The molecular formula is C10H10BrClN4O. The van der Waals surface area contributed by atoms with Gasteiger partial charge in [0.05, 0.1) is 28.7 Å². The molecule has 0 aliphatic heterocycles. The minimum atomic E-state index is -0.184. The van der Waals surface area contributed by atoms with Crippen molar-refractivity contribution in [3.05, 3.63) is 43.8 Å². The summed E-state index contributed by atoms with van der Waals surface area (Å²) in [6.45, 7) is 2.30. The molecule has 2 rings (SSSR count). The van der Waals surface area contributed by atoms with Gasteiger partial charge in [0.1, 0.15) is 5.15 Å². The Morgan fingerprint density at radius 2 is 2.24 bits per heavy atom. The first-order valence-electron chi connectivity index (χ1n) is 4.89. The summed E-state index contributed by atoms with van der Waals surface area (Å²) in [6.07, 6.45) is 1.43. The van der Waals surface area contributed by atoms with Gasteiger partial charge in [-0.1, -0.05) is 11.6 Å². The predicted molar refractivity (Wildman–Crippen MR) is 68.3 cm³/mol. The first kappa shape index (κ1) is 12.3. The van der Waals surface area contributed by atoms with Crippen molar-refractivity contribution >= 4 is 27.5 Å². The largest absolute Gasteiger partial charge is 0.293 e. The van der Waals surface area contributed by atoms with Gasteiger partial charge in [0, 0.05) is 13.1 Å². The van der Waals surface area contributed by atoms with Gasteiger partial charge in [-0.3, -0.25) is 14.0 Å². The van der Waals surface area contributed by atoms with Gasteiger partial charge < -0.3 is 0 Å². The lowest BCUT2D eigenvalue weighted by atomic mass is 10.3. The number of hydrogen-bond donors (Lipinski definition) is 0. The molecule has 0 fully saturated rings. The van der Waals surface area contributed by atoms with Crippen LogP contribution in [0.25, 0.3) is 0 Å². The zero-order chi connectivity index (χ0) is 12.6. The highest BCUT2D eigenvalue weighted by molar-refractivity contribution is 9.10. The third-order valence-corrected chi connectivity index (χ3v) is 3.67. The highest BCUT2D eigenvalue weighted by Crippen LogP contribution is 2.20. The van der Waals surface area contributed by atoms with Gasteiger partial charge in [-0.25, -0.2) is 4.98 Å². The second-order valence-electron chi connectivity index (χ2n) is 3.65. The molecule has 5 nitrogen and oxygen atoms in total. The summed E-state index contributed by atoms with van der Waals surface area (Å²) < 4.78 is 4.12. The van der Waals surface area contributed by atoms with E-state index in [0.29, 0.717) is 6.54 Å². The van der Waals surface area contributed by atoms with Crippen molar-refractivity contribution in [2.75, 3.05) is 0 Å². The Kier molecular flexibility index (Phi) is 3.35. The van der Waals surface area contributed by atoms with Crippen molar-refractivity contribution in [3.8, 4) is 0 Å². The van der Waals surface area contributed by atoms with Gasteiger partial charge in [-0.05, 0) is 22.9 Å². The molecule has 0 radical (unpaired) electrons. The zero-order valence-corrected chi connectivity index (χ0v) is 11.7. The Labute approximate surface area is 111 Å². The Morgan fingerprint density at radius 1 is 1.53 bits per heavy atom. The molecule has 0 atom stereocenters. The molecule has 0 amide bonds. The van der Waals surface area contributed by atoms with Gasteiger partial charge in [0.2, 0.25) is 0 Å². The molecule has 0 bridgehead atoms. The molecule has 2 heterocycles. The number of halogens is 2. The SMILES string of the molecule is Cc1nn(C)c(Cn2cnc(Cl)cc2=O)c1Br.